The Kier molecular flexibility index (Phi) is 7.18. The van der Waals surface area contributed by atoms with Crippen LogP contribution in [0.15, 0.2) is 72.9 Å². The van der Waals surface area contributed by atoms with Crippen molar-refractivity contribution in [2.75, 3.05) is 20.1 Å². The molecule has 3 aromatic rings. The minimum Gasteiger partial charge on any atom is -0.438 e. The minimum absolute atomic E-state index is 0.211. The van der Waals surface area contributed by atoms with E-state index in [2.05, 4.69) is 4.98 Å². The number of carbonyl (C=O) groups is 2. The Morgan fingerprint density at radius 2 is 1.65 bits per heavy atom. The highest BCUT2D eigenvalue weighted by Crippen LogP contribution is 2.42. The summed E-state index contributed by atoms with van der Waals surface area (Å²) in [5.74, 6) is -0.330. The molecule has 8 nitrogen and oxygen atoms in total. The molecule has 0 spiro atoms. The van der Waals surface area contributed by atoms with Gasteiger partial charge < -0.3 is 24.7 Å². The third-order valence-corrected chi connectivity index (χ3v) is 8.18. The SMILES string of the molecule is C[C@@H](c1ccc(-c2ccc(C3(O)CCN(C)C3=O)nc2)cc1)N1CCC(CC(C)(C)O)(c2ccccc2)OC1=O. The summed E-state index contributed by atoms with van der Waals surface area (Å²) in [7, 11) is 1.68. The van der Waals surface area contributed by atoms with Crippen LogP contribution in [0.2, 0.25) is 0 Å². The monoisotopic (exact) mass is 543 g/mol. The van der Waals surface area contributed by atoms with Gasteiger partial charge in [-0.2, -0.15) is 0 Å². The first-order valence-corrected chi connectivity index (χ1v) is 13.7. The summed E-state index contributed by atoms with van der Waals surface area (Å²) in [6.45, 7) is 6.44. The first-order chi connectivity index (χ1) is 18.9. The molecule has 2 aromatic carbocycles. The van der Waals surface area contributed by atoms with Crippen LogP contribution in [0.25, 0.3) is 11.1 Å². The van der Waals surface area contributed by atoms with Crippen LogP contribution in [0.4, 0.5) is 4.79 Å². The van der Waals surface area contributed by atoms with Crippen molar-refractivity contribution in [3.05, 3.63) is 89.7 Å². The number of benzene rings is 2. The zero-order valence-electron chi connectivity index (χ0n) is 23.5. The van der Waals surface area contributed by atoms with Gasteiger partial charge in [0, 0.05) is 51.2 Å². The molecule has 210 valence electrons. The molecular weight excluding hydrogens is 506 g/mol. The number of nitrogens with zero attached hydrogens (tertiary/aromatic N) is 3. The molecular formula is C32H37N3O5. The second-order valence-electron chi connectivity index (χ2n) is 11.7. The standard InChI is InChI=1S/C32H37N3O5/c1-22(35-19-16-31(40-29(35)37,21-30(2,3)38)26-8-6-5-7-9-26)23-10-12-24(13-11-23)25-14-15-27(33-20-25)32(39)17-18-34(4)28(32)36/h5-15,20,22,38-39H,16-19,21H2,1-4H3/t22-,31?,32?/m0/s1. The van der Waals surface area contributed by atoms with E-state index in [4.69, 9.17) is 4.74 Å². The van der Waals surface area contributed by atoms with Gasteiger partial charge >= 0.3 is 6.09 Å². The third-order valence-electron chi connectivity index (χ3n) is 8.18. The molecule has 2 unspecified atom stereocenters. The van der Waals surface area contributed by atoms with E-state index in [1.807, 2.05) is 67.6 Å². The molecule has 2 saturated heterocycles. The van der Waals surface area contributed by atoms with Crippen molar-refractivity contribution in [2.45, 2.75) is 62.9 Å². The van der Waals surface area contributed by atoms with Gasteiger partial charge in [-0.1, -0.05) is 60.7 Å². The molecule has 0 bridgehead atoms. The number of rotatable bonds is 7. The van der Waals surface area contributed by atoms with Crippen molar-refractivity contribution in [1.29, 1.82) is 0 Å². The lowest BCUT2D eigenvalue weighted by Gasteiger charge is -2.45. The first-order valence-electron chi connectivity index (χ1n) is 13.7. The summed E-state index contributed by atoms with van der Waals surface area (Å²) >= 11 is 0. The maximum absolute atomic E-state index is 13.3. The van der Waals surface area contributed by atoms with E-state index in [0.29, 0.717) is 38.0 Å². The number of aliphatic hydroxyl groups is 2. The van der Waals surface area contributed by atoms with Crippen molar-refractivity contribution in [1.82, 2.24) is 14.8 Å². The molecule has 3 heterocycles. The van der Waals surface area contributed by atoms with Crippen LogP contribution in [0.1, 0.15) is 62.9 Å². The second-order valence-corrected chi connectivity index (χ2v) is 11.7. The van der Waals surface area contributed by atoms with E-state index >= 15 is 0 Å². The number of likely N-dealkylation sites (tertiary alicyclic amines) is 1. The second kappa shape index (κ2) is 10.3. The van der Waals surface area contributed by atoms with Gasteiger partial charge in [-0.15, -0.1) is 0 Å². The molecule has 0 radical (unpaired) electrons. The Morgan fingerprint density at radius 1 is 0.975 bits per heavy atom. The molecule has 1 aromatic heterocycles. The Morgan fingerprint density at radius 3 is 2.20 bits per heavy atom. The number of amides is 2. The van der Waals surface area contributed by atoms with Gasteiger partial charge in [0.15, 0.2) is 5.60 Å². The summed E-state index contributed by atoms with van der Waals surface area (Å²) in [6, 6.07) is 20.9. The normalized spacial score (nSPS) is 24.2. The van der Waals surface area contributed by atoms with E-state index in [1.165, 1.54) is 4.90 Å². The molecule has 0 aliphatic carbocycles. The van der Waals surface area contributed by atoms with Gasteiger partial charge in [-0.25, -0.2) is 4.79 Å². The summed E-state index contributed by atoms with van der Waals surface area (Å²) in [5.41, 5.74) is 0.548. The molecule has 2 aliphatic rings. The Hall–Kier alpha value is -3.75. The van der Waals surface area contributed by atoms with E-state index in [0.717, 1.165) is 22.3 Å². The van der Waals surface area contributed by atoms with Crippen LogP contribution in [-0.4, -0.2) is 62.7 Å². The lowest BCUT2D eigenvalue weighted by molar-refractivity contribution is -0.143. The van der Waals surface area contributed by atoms with E-state index < -0.39 is 22.9 Å². The van der Waals surface area contributed by atoms with Crippen LogP contribution in [0.3, 0.4) is 0 Å². The zero-order chi connectivity index (χ0) is 28.7. The highest BCUT2D eigenvalue weighted by Gasteiger charge is 2.47. The molecule has 3 atom stereocenters. The summed E-state index contributed by atoms with van der Waals surface area (Å²) in [4.78, 5) is 33.4. The number of hydrogen-bond donors (Lipinski definition) is 2. The Balaban J connectivity index is 1.30. The van der Waals surface area contributed by atoms with Crippen molar-refractivity contribution in [3.63, 3.8) is 0 Å². The Labute approximate surface area is 235 Å². The summed E-state index contributed by atoms with van der Waals surface area (Å²) < 4.78 is 6.13. The molecule has 40 heavy (non-hydrogen) atoms. The summed E-state index contributed by atoms with van der Waals surface area (Å²) in [6.07, 6.45) is 2.47. The van der Waals surface area contributed by atoms with E-state index in [-0.39, 0.29) is 11.9 Å². The van der Waals surface area contributed by atoms with Gasteiger partial charge in [0.2, 0.25) is 0 Å². The number of cyclic esters (lactones) is 1. The van der Waals surface area contributed by atoms with Gasteiger partial charge in [0.25, 0.3) is 5.91 Å². The Bertz CT molecular complexity index is 1370. The topological polar surface area (TPSA) is 103 Å². The fourth-order valence-electron chi connectivity index (χ4n) is 5.93. The maximum Gasteiger partial charge on any atom is 0.411 e. The number of likely N-dealkylation sites (N-methyl/N-ethyl adjacent to an activating group) is 1. The predicted octanol–water partition coefficient (Wildman–Crippen LogP) is 4.76. The van der Waals surface area contributed by atoms with Gasteiger partial charge in [0.1, 0.15) is 5.60 Å². The first kappa shape index (κ1) is 27.8. The maximum atomic E-state index is 13.3. The highest BCUT2D eigenvalue weighted by molar-refractivity contribution is 5.87. The van der Waals surface area contributed by atoms with Crippen LogP contribution in [-0.2, 0) is 20.7 Å². The number of hydrogen-bond acceptors (Lipinski definition) is 6. The lowest BCUT2D eigenvalue weighted by Crippen LogP contribution is -2.51. The van der Waals surface area contributed by atoms with Gasteiger partial charge in [-0.3, -0.25) is 9.78 Å². The molecule has 2 amide bonds. The third kappa shape index (κ3) is 5.21. The van der Waals surface area contributed by atoms with Crippen LogP contribution >= 0.6 is 0 Å². The molecule has 2 aliphatic heterocycles. The number of aromatic nitrogens is 1. The highest BCUT2D eigenvalue weighted by atomic mass is 16.6. The van der Waals surface area contributed by atoms with Gasteiger partial charge in [0.05, 0.1) is 17.3 Å². The molecule has 5 rings (SSSR count). The lowest BCUT2D eigenvalue weighted by atomic mass is 9.80. The zero-order valence-corrected chi connectivity index (χ0v) is 23.5. The molecule has 0 saturated carbocycles. The van der Waals surface area contributed by atoms with Gasteiger partial charge in [-0.05, 0) is 43.5 Å². The fraction of sp³-hybridized carbons (Fsp3) is 0.406. The minimum atomic E-state index is -1.57. The van der Waals surface area contributed by atoms with Crippen molar-refractivity contribution in [2.24, 2.45) is 0 Å². The van der Waals surface area contributed by atoms with Crippen molar-refractivity contribution in [3.8, 4) is 11.1 Å². The van der Waals surface area contributed by atoms with Crippen LogP contribution in [0, 0.1) is 0 Å². The molecule has 2 fully saturated rings. The number of pyridine rings is 1. The van der Waals surface area contributed by atoms with Crippen LogP contribution in [0.5, 0.6) is 0 Å². The molecule has 2 N–H and O–H groups in total. The van der Waals surface area contributed by atoms with E-state index in [9.17, 15) is 19.8 Å². The molecule has 8 heteroatoms. The average molecular weight is 544 g/mol. The van der Waals surface area contributed by atoms with E-state index in [1.54, 1.807) is 38.1 Å². The van der Waals surface area contributed by atoms with Crippen molar-refractivity contribution >= 4 is 12.0 Å². The van der Waals surface area contributed by atoms with Crippen molar-refractivity contribution < 1.29 is 24.5 Å². The smallest absolute Gasteiger partial charge is 0.411 e. The average Bonchev–Trinajstić information content (AvgIpc) is 3.21. The predicted molar refractivity (Wildman–Crippen MR) is 151 cm³/mol. The fourth-order valence-corrected chi connectivity index (χ4v) is 5.93. The van der Waals surface area contributed by atoms with Crippen LogP contribution < -0.4 is 0 Å². The quantitative estimate of drug-likeness (QED) is 0.446. The number of carbonyl (C=O) groups excluding carboxylic acids is 2. The summed E-state index contributed by atoms with van der Waals surface area (Å²) in [5, 5.41) is 21.5. The largest absolute Gasteiger partial charge is 0.438 e. The number of ether oxygens (including phenoxy) is 1.